The molecule has 112 valence electrons. The molecule has 0 aromatic heterocycles. The number of benzene rings is 2. The molecule has 0 spiro atoms. The molecule has 0 atom stereocenters. The molecule has 2 aromatic carbocycles. The third-order valence-corrected chi connectivity index (χ3v) is 4.08. The topological polar surface area (TPSA) is 21.3 Å². The monoisotopic (exact) mass is 419 g/mol. The van der Waals surface area contributed by atoms with E-state index in [4.69, 9.17) is 0 Å². The van der Waals surface area contributed by atoms with Gasteiger partial charge in [0.05, 0.1) is 5.69 Å². The van der Waals surface area contributed by atoms with Crippen molar-refractivity contribution in [3.8, 4) is 5.75 Å². The molecule has 0 unspecified atom stereocenters. The predicted octanol–water partition coefficient (Wildman–Crippen LogP) is 5.73. The Morgan fingerprint density at radius 1 is 1.14 bits per heavy atom. The van der Waals surface area contributed by atoms with Crippen LogP contribution in [0.5, 0.6) is 5.75 Å². The van der Waals surface area contributed by atoms with Crippen LogP contribution < -0.4 is 10.1 Å². The summed E-state index contributed by atoms with van der Waals surface area (Å²) >= 11 is 6.97. The third-order valence-electron chi connectivity index (χ3n) is 2.83. The van der Waals surface area contributed by atoms with Crippen LogP contribution >= 0.6 is 31.9 Å². The maximum absolute atomic E-state index is 12.4. The van der Waals surface area contributed by atoms with Gasteiger partial charge >= 0.3 is 6.61 Å². The summed E-state index contributed by atoms with van der Waals surface area (Å²) in [5.41, 5.74) is 2.64. The van der Waals surface area contributed by atoms with Gasteiger partial charge in [-0.15, -0.1) is 0 Å². The van der Waals surface area contributed by atoms with E-state index in [2.05, 4.69) is 41.9 Å². The predicted molar refractivity (Wildman–Crippen MR) is 87.0 cm³/mol. The molecule has 0 amide bonds. The lowest BCUT2D eigenvalue weighted by Gasteiger charge is -2.14. The number of nitrogens with one attached hydrogen (secondary N) is 1. The van der Waals surface area contributed by atoms with Gasteiger partial charge in [0.25, 0.3) is 0 Å². The lowest BCUT2D eigenvalue weighted by atomic mass is 10.2. The molecule has 0 radical (unpaired) electrons. The van der Waals surface area contributed by atoms with Crippen LogP contribution in [-0.2, 0) is 6.54 Å². The van der Waals surface area contributed by atoms with Crippen molar-refractivity contribution >= 4 is 37.5 Å². The lowest BCUT2D eigenvalue weighted by molar-refractivity contribution is -0.0504. The Morgan fingerprint density at radius 2 is 1.76 bits per heavy atom. The molecule has 2 rings (SSSR count). The lowest BCUT2D eigenvalue weighted by Crippen LogP contribution is -2.07. The number of halogens is 4. The van der Waals surface area contributed by atoms with Gasteiger partial charge in [-0.2, -0.15) is 8.78 Å². The van der Waals surface area contributed by atoms with Crippen LogP contribution in [0.4, 0.5) is 14.5 Å². The highest BCUT2D eigenvalue weighted by atomic mass is 79.9. The van der Waals surface area contributed by atoms with Gasteiger partial charge in [-0.1, -0.05) is 18.2 Å². The largest absolute Gasteiger partial charge is 0.434 e. The van der Waals surface area contributed by atoms with E-state index < -0.39 is 6.61 Å². The summed E-state index contributed by atoms with van der Waals surface area (Å²) in [6, 6.07) is 10.7. The molecule has 0 fully saturated rings. The molecule has 2 aromatic rings. The molecule has 1 N–H and O–H groups in total. The van der Waals surface area contributed by atoms with Crippen molar-refractivity contribution < 1.29 is 13.5 Å². The first-order valence-electron chi connectivity index (χ1n) is 6.19. The number of hydrogen-bond acceptors (Lipinski definition) is 2. The average Bonchev–Trinajstić information content (AvgIpc) is 2.38. The smallest absolute Gasteiger partial charge is 0.387 e. The van der Waals surface area contributed by atoms with Gasteiger partial charge < -0.3 is 10.1 Å². The number of hydrogen-bond donors (Lipinski definition) is 1. The second-order valence-corrected chi connectivity index (χ2v) is 6.15. The van der Waals surface area contributed by atoms with Gasteiger partial charge in [0.2, 0.25) is 0 Å². The van der Waals surface area contributed by atoms with Crippen molar-refractivity contribution in [2.24, 2.45) is 0 Å². The maximum atomic E-state index is 12.4. The number of aryl methyl sites for hydroxylation is 1. The van der Waals surface area contributed by atoms with Crippen LogP contribution in [0.25, 0.3) is 0 Å². The summed E-state index contributed by atoms with van der Waals surface area (Å²) < 4.78 is 31.1. The fourth-order valence-electron chi connectivity index (χ4n) is 1.91. The molecular weight excluding hydrogens is 408 g/mol. The number of para-hydroxylation sites is 1. The van der Waals surface area contributed by atoms with Crippen LogP contribution in [0.3, 0.4) is 0 Å². The van der Waals surface area contributed by atoms with Gasteiger partial charge in [0.15, 0.2) is 0 Å². The number of rotatable bonds is 5. The van der Waals surface area contributed by atoms with Gasteiger partial charge in [-0.25, -0.2) is 0 Å². The van der Waals surface area contributed by atoms with Crippen LogP contribution in [0.15, 0.2) is 45.3 Å². The SMILES string of the molecule is Cc1cc(Br)c(NCc2ccccc2OC(F)F)c(Br)c1. The Labute approximate surface area is 138 Å². The van der Waals surface area contributed by atoms with Crippen molar-refractivity contribution in [3.05, 3.63) is 56.5 Å². The Balaban J connectivity index is 2.17. The highest BCUT2D eigenvalue weighted by molar-refractivity contribution is 9.11. The van der Waals surface area contributed by atoms with E-state index >= 15 is 0 Å². The Morgan fingerprint density at radius 3 is 2.38 bits per heavy atom. The van der Waals surface area contributed by atoms with E-state index in [9.17, 15) is 8.78 Å². The summed E-state index contributed by atoms with van der Waals surface area (Å²) in [6.07, 6.45) is 0. The first-order valence-corrected chi connectivity index (χ1v) is 7.78. The minimum atomic E-state index is -2.83. The molecule has 6 heteroatoms. The fraction of sp³-hybridized carbons (Fsp3) is 0.200. The van der Waals surface area contributed by atoms with E-state index in [1.807, 2.05) is 19.1 Å². The molecule has 2 nitrogen and oxygen atoms in total. The van der Waals surface area contributed by atoms with E-state index in [0.717, 1.165) is 20.2 Å². The molecular formula is C15H13Br2F2NO. The first kappa shape index (κ1) is 16.2. The van der Waals surface area contributed by atoms with Crippen molar-refractivity contribution in [2.75, 3.05) is 5.32 Å². The standard InChI is InChI=1S/C15H13Br2F2NO/c1-9-6-11(16)14(12(17)7-9)20-8-10-4-2-3-5-13(10)21-15(18)19/h2-7,15,20H,8H2,1H3. The minimum absolute atomic E-state index is 0.180. The molecule has 0 bridgehead atoms. The van der Waals surface area contributed by atoms with E-state index in [1.165, 1.54) is 6.07 Å². The molecule has 0 aliphatic carbocycles. The van der Waals surface area contributed by atoms with Crippen molar-refractivity contribution in [1.29, 1.82) is 0 Å². The third kappa shape index (κ3) is 4.41. The number of alkyl halides is 2. The van der Waals surface area contributed by atoms with Crippen molar-refractivity contribution in [1.82, 2.24) is 0 Å². The number of anilines is 1. The highest BCUT2D eigenvalue weighted by Gasteiger charge is 2.11. The van der Waals surface area contributed by atoms with E-state index in [-0.39, 0.29) is 5.75 Å². The number of ether oxygens (including phenoxy) is 1. The van der Waals surface area contributed by atoms with Crippen molar-refractivity contribution in [2.45, 2.75) is 20.1 Å². The Kier molecular flexibility index (Phi) is 5.58. The van der Waals surface area contributed by atoms with E-state index in [0.29, 0.717) is 12.1 Å². The fourth-order valence-corrected chi connectivity index (χ4v) is 3.61. The Hall–Kier alpha value is -1.14. The molecule has 21 heavy (non-hydrogen) atoms. The van der Waals surface area contributed by atoms with Gasteiger partial charge in [-0.3, -0.25) is 0 Å². The molecule has 0 aliphatic rings. The van der Waals surface area contributed by atoms with Crippen molar-refractivity contribution in [3.63, 3.8) is 0 Å². The summed E-state index contributed by atoms with van der Waals surface area (Å²) in [7, 11) is 0. The zero-order chi connectivity index (χ0) is 15.4. The van der Waals surface area contributed by atoms with Crippen LogP contribution in [0.2, 0.25) is 0 Å². The summed E-state index contributed by atoms with van der Waals surface area (Å²) in [6.45, 7) is -0.460. The molecule has 0 heterocycles. The first-order chi connectivity index (χ1) is 9.97. The summed E-state index contributed by atoms with van der Waals surface area (Å²) in [5, 5.41) is 3.22. The normalized spacial score (nSPS) is 10.8. The zero-order valence-corrected chi connectivity index (χ0v) is 14.3. The van der Waals surface area contributed by atoms with Crippen LogP contribution in [-0.4, -0.2) is 6.61 Å². The molecule has 0 saturated carbocycles. The second-order valence-electron chi connectivity index (χ2n) is 4.44. The average molecular weight is 421 g/mol. The second kappa shape index (κ2) is 7.22. The highest BCUT2D eigenvalue weighted by Crippen LogP contribution is 2.33. The van der Waals surface area contributed by atoms with Gasteiger partial charge in [-0.05, 0) is 62.5 Å². The van der Waals surface area contributed by atoms with Gasteiger partial charge in [0, 0.05) is 21.1 Å². The molecule has 0 aliphatic heterocycles. The minimum Gasteiger partial charge on any atom is -0.434 e. The quantitative estimate of drug-likeness (QED) is 0.666. The van der Waals surface area contributed by atoms with E-state index in [1.54, 1.807) is 18.2 Å². The zero-order valence-electron chi connectivity index (χ0n) is 11.2. The maximum Gasteiger partial charge on any atom is 0.387 e. The molecule has 0 saturated heterocycles. The van der Waals surface area contributed by atoms with Crippen LogP contribution in [0, 0.1) is 6.92 Å². The van der Waals surface area contributed by atoms with Crippen LogP contribution in [0.1, 0.15) is 11.1 Å². The summed E-state index contributed by atoms with van der Waals surface area (Å²) in [5.74, 6) is 0.180. The Bertz CT molecular complexity index is 612. The summed E-state index contributed by atoms with van der Waals surface area (Å²) in [4.78, 5) is 0. The van der Waals surface area contributed by atoms with Gasteiger partial charge in [0.1, 0.15) is 5.75 Å².